The van der Waals surface area contributed by atoms with Crippen LogP contribution in [0.25, 0.3) is 0 Å². The van der Waals surface area contributed by atoms with Crippen LogP contribution in [0.3, 0.4) is 0 Å². The summed E-state index contributed by atoms with van der Waals surface area (Å²) in [5.41, 5.74) is 0.923. The lowest BCUT2D eigenvalue weighted by Gasteiger charge is -2.34. The van der Waals surface area contributed by atoms with Gasteiger partial charge in [0.05, 0.1) is 9.82 Å². The average Bonchev–Trinajstić information content (AvgIpc) is 2.79. The second-order valence-electron chi connectivity index (χ2n) is 7.64. The minimum Gasteiger partial charge on any atom is -0.354 e. The zero-order chi connectivity index (χ0) is 23.6. The van der Waals surface area contributed by atoms with Crippen LogP contribution in [-0.2, 0) is 10.0 Å². The molecule has 0 saturated carbocycles. The first-order chi connectivity index (χ1) is 15.7. The van der Waals surface area contributed by atoms with Crippen molar-refractivity contribution in [3.05, 3.63) is 70.2 Å². The van der Waals surface area contributed by atoms with Gasteiger partial charge in [-0.3, -0.25) is 10.1 Å². The summed E-state index contributed by atoms with van der Waals surface area (Å²) in [5.74, 6) is 2.57. The van der Waals surface area contributed by atoms with Crippen LogP contribution in [0.1, 0.15) is 11.4 Å². The van der Waals surface area contributed by atoms with Crippen LogP contribution in [0.2, 0.25) is 0 Å². The number of nitro benzene ring substituents is 1. The number of aromatic nitrogens is 3. The van der Waals surface area contributed by atoms with Gasteiger partial charge in [-0.1, -0.05) is 0 Å². The Morgan fingerprint density at radius 1 is 0.970 bits per heavy atom. The first-order valence-corrected chi connectivity index (χ1v) is 11.7. The predicted molar refractivity (Wildman–Crippen MR) is 123 cm³/mol. The Bertz CT molecular complexity index is 1270. The fraction of sp³-hybridized carbons (Fsp3) is 0.286. The molecule has 1 aliphatic rings. The molecule has 12 heteroatoms. The Morgan fingerprint density at radius 2 is 1.67 bits per heavy atom. The molecule has 1 saturated heterocycles. The fourth-order valence-electron chi connectivity index (χ4n) is 3.56. The van der Waals surface area contributed by atoms with E-state index in [1.807, 2.05) is 30.0 Å². The maximum absolute atomic E-state index is 12.9. The number of nitrogens with one attached hydrogen (secondary N) is 1. The Hall–Kier alpha value is -3.64. The number of hydrogen-bond donors (Lipinski definition) is 1. The van der Waals surface area contributed by atoms with Crippen molar-refractivity contribution in [3.8, 4) is 0 Å². The smallest absolute Gasteiger partial charge is 0.269 e. The third-order valence-electron chi connectivity index (χ3n) is 5.24. The van der Waals surface area contributed by atoms with Crippen LogP contribution >= 0.6 is 0 Å². The molecule has 0 atom stereocenters. The molecule has 33 heavy (non-hydrogen) atoms. The van der Waals surface area contributed by atoms with Crippen LogP contribution in [0, 0.1) is 24.0 Å². The number of pyridine rings is 1. The summed E-state index contributed by atoms with van der Waals surface area (Å²) in [6.07, 6.45) is 1.72. The molecule has 0 bridgehead atoms. The normalized spacial score (nSPS) is 14.8. The molecule has 11 nitrogen and oxygen atoms in total. The van der Waals surface area contributed by atoms with Crippen molar-refractivity contribution in [2.45, 2.75) is 18.7 Å². The minimum absolute atomic E-state index is 0.0385. The summed E-state index contributed by atoms with van der Waals surface area (Å²) < 4.78 is 27.3. The maximum atomic E-state index is 12.9. The zero-order valence-corrected chi connectivity index (χ0v) is 19.0. The summed E-state index contributed by atoms with van der Waals surface area (Å²) in [6, 6.07) is 10.6. The van der Waals surface area contributed by atoms with Crippen LogP contribution in [0.4, 0.5) is 23.1 Å². The Balaban J connectivity index is 1.46. The van der Waals surface area contributed by atoms with Gasteiger partial charge in [-0.15, -0.1) is 0 Å². The van der Waals surface area contributed by atoms with Gasteiger partial charge in [0.1, 0.15) is 23.3 Å². The van der Waals surface area contributed by atoms with E-state index in [0.717, 1.165) is 5.56 Å². The zero-order valence-electron chi connectivity index (χ0n) is 18.2. The number of rotatable bonds is 6. The van der Waals surface area contributed by atoms with E-state index in [0.29, 0.717) is 36.4 Å². The molecule has 3 aromatic rings. The highest BCUT2D eigenvalue weighted by Crippen LogP contribution is 2.24. The molecule has 172 valence electrons. The number of anilines is 3. The lowest BCUT2D eigenvalue weighted by Crippen LogP contribution is -2.49. The van der Waals surface area contributed by atoms with E-state index < -0.39 is 14.9 Å². The van der Waals surface area contributed by atoms with Crippen molar-refractivity contribution in [2.24, 2.45) is 0 Å². The molecule has 1 N–H and O–H groups in total. The largest absolute Gasteiger partial charge is 0.354 e. The topological polar surface area (TPSA) is 134 Å². The van der Waals surface area contributed by atoms with Crippen molar-refractivity contribution in [3.63, 3.8) is 0 Å². The van der Waals surface area contributed by atoms with Gasteiger partial charge in [0, 0.05) is 50.6 Å². The van der Waals surface area contributed by atoms with Crippen LogP contribution in [-0.4, -0.2) is 58.8 Å². The van der Waals surface area contributed by atoms with E-state index >= 15 is 0 Å². The van der Waals surface area contributed by atoms with E-state index in [1.54, 1.807) is 13.1 Å². The van der Waals surface area contributed by atoms with Gasteiger partial charge in [0.25, 0.3) is 5.69 Å². The van der Waals surface area contributed by atoms with Gasteiger partial charge in [-0.05, 0) is 43.7 Å². The fourth-order valence-corrected chi connectivity index (χ4v) is 4.98. The maximum Gasteiger partial charge on any atom is 0.269 e. The lowest BCUT2D eigenvalue weighted by atomic mass is 10.3. The van der Waals surface area contributed by atoms with E-state index in [2.05, 4.69) is 20.3 Å². The van der Waals surface area contributed by atoms with Crippen molar-refractivity contribution < 1.29 is 13.3 Å². The molecule has 1 aromatic carbocycles. The van der Waals surface area contributed by atoms with Crippen LogP contribution < -0.4 is 10.2 Å². The number of non-ortho nitro benzene ring substituents is 1. The summed E-state index contributed by atoms with van der Waals surface area (Å²) >= 11 is 0. The number of aryl methyl sites for hydroxylation is 2. The van der Waals surface area contributed by atoms with E-state index in [-0.39, 0.29) is 23.7 Å². The molecular formula is C21H23N7O4S. The number of hydrogen-bond acceptors (Lipinski definition) is 9. The highest BCUT2D eigenvalue weighted by molar-refractivity contribution is 7.89. The molecule has 1 aliphatic heterocycles. The predicted octanol–water partition coefficient (Wildman–Crippen LogP) is 2.65. The van der Waals surface area contributed by atoms with Crippen molar-refractivity contribution >= 4 is 33.2 Å². The van der Waals surface area contributed by atoms with E-state index in [1.165, 1.54) is 28.6 Å². The Morgan fingerprint density at radius 3 is 2.30 bits per heavy atom. The molecule has 3 heterocycles. The summed E-state index contributed by atoms with van der Waals surface area (Å²) in [7, 11) is -3.74. The van der Waals surface area contributed by atoms with Gasteiger partial charge >= 0.3 is 0 Å². The number of piperazine rings is 1. The monoisotopic (exact) mass is 469 g/mol. The number of nitrogens with zero attached hydrogens (tertiary/aromatic N) is 6. The quantitative estimate of drug-likeness (QED) is 0.427. The van der Waals surface area contributed by atoms with Crippen molar-refractivity contribution in [2.75, 3.05) is 36.4 Å². The summed E-state index contributed by atoms with van der Waals surface area (Å²) in [4.78, 5) is 25.5. The molecule has 4 rings (SSSR count). The SMILES string of the molecule is Cc1ccnc(Nc2cc(N3CCN(S(=O)(=O)c4ccc([N+](=O)[O-])cc4)CC3)nc(C)n2)c1. The Kier molecular flexibility index (Phi) is 6.20. The molecule has 0 radical (unpaired) electrons. The van der Waals surface area contributed by atoms with Gasteiger partial charge in [0.15, 0.2) is 0 Å². The number of benzene rings is 1. The number of sulfonamides is 1. The average molecular weight is 470 g/mol. The van der Waals surface area contributed by atoms with E-state index in [9.17, 15) is 18.5 Å². The van der Waals surface area contributed by atoms with Crippen LogP contribution in [0.15, 0.2) is 53.6 Å². The van der Waals surface area contributed by atoms with Crippen molar-refractivity contribution in [1.82, 2.24) is 19.3 Å². The molecular weight excluding hydrogens is 446 g/mol. The summed E-state index contributed by atoms with van der Waals surface area (Å²) in [6.45, 7) is 5.21. The van der Waals surface area contributed by atoms with E-state index in [4.69, 9.17) is 0 Å². The molecule has 0 unspecified atom stereocenters. The third-order valence-corrected chi connectivity index (χ3v) is 7.16. The highest BCUT2D eigenvalue weighted by atomic mass is 32.2. The van der Waals surface area contributed by atoms with Crippen LogP contribution in [0.5, 0.6) is 0 Å². The standard InChI is InChI=1S/C21H23N7O4S/c1-15-7-8-22-19(13-15)25-20-14-21(24-16(2)23-20)26-9-11-27(12-10-26)33(31,32)18-5-3-17(4-6-18)28(29)30/h3-8,13-14H,9-12H2,1-2H3,(H,22,23,24,25). The molecule has 0 spiro atoms. The summed E-state index contributed by atoms with van der Waals surface area (Å²) in [5, 5.41) is 14.0. The molecule has 0 amide bonds. The van der Waals surface area contributed by atoms with Gasteiger partial charge in [0.2, 0.25) is 10.0 Å². The second kappa shape index (κ2) is 9.08. The first-order valence-electron chi connectivity index (χ1n) is 10.3. The second-order valence-corrected chi connectivity index (χ2v) is 9.58. The van der Waals surface area contributed by atoms with Gasteiger partial charge in [-0.25, -0.2) is 23.4 Å². The highest BCUT2D eigenvalue weighted by Gasteiger charge is 2.29. The number of nitro groups is 1. The third kappa shape index (κ3) is 5.07. The van der Waals surface area contributed by atoms with Crippen molar-refractivity contribution in [1.29, 1.82) is 0 Å². The molecule has 1 fully saturated rings. The first kappa shape index (κ1) is 22.6. The molecule has 0 aliphatic carbocycles. The lowest BCUT2D eigenvalue weighted by molar-refractivity contribution is -0.384. The van der Waals surface area contributed by atoms with Gasteiger partial charge < -0.3 is 10.2 Å². The Labute approximate surface area is 191 Å². The minimum atomic E-state index is -3.74. The van der Waals surface area contributed by atoms with Gasteiger partial charge in [-0.2, -0.15) is 4.31 Å². The molecule has 2 aromatic heterocycles.